The number of anilines is 1. The monoisotopic (exact) mass is 262 g/mol. The van der Waals surface area contributed by atoms with Crippen molar-refractivity contribution in [3.63, 3.8) is 0 Å². The first-order valence-electron chi connectivity index (χ1n) is 6.12. The molecular weight excluding hydrogens is 244 g/mol. The van der Waals surface area contributed by atoms with E-state index in [1.807, 2.05) is 38.4 Å². The van der Waals surface area contributed by atoms with Crippen LogP contribution in [0, 0.1) is 0 Å². The van der Waals surface area contributed by atoms with E-state index in [0.29, 0.717) is 24.9 Å². The summed E-state index contributed by atoms with van der Waals surface area (Å²) in [5, 5.41) is 15.7. The number of benzene rings is 1. The Hall–Kier alpha value is -1.92. The molecule has 0 unspecified atom stereocenters. The van der Waals surface area contributed by atoms with Crippen molar-refractivity contribution in [2.75, 3.05) is 32.1 Å². The van der Waals surface area contributed by atoms with Crippen LogP contribution in [0.2, 0.25) is 0 Å². The zero-order valence-corrected chi connectivity index (χ0v) is 11.1. The standard InChI is InChI=1S/C13H18N4O2/c1-17(2)13-15-12(19-16-13)11-5-3-4-10(8-11)9-14-6-7-18/h3-5,8,14,18H,6-7,9H2,1-2H3. The topological polar surface area (TPSA) is 74.4 Å². The van der Waals surface area contributed by atoms with E-state index in [2.05, 4.69) is 15.5 Å². The van der Waals surface area contributed by atoms with E-state index in [1.165, 1.54) is 0 Å². The lowest BCUT2D eigenvalue weighted by Gasteiger charge is -2.04. The molecule has 102 valence electrons. The van der Waals surface area contributed by atoms with Crippen molar-refractivity contribution in [2.45, 2.75) is 6.54 Å². The van der Waals surface area contributed by atoms with Crippen LogP contribution in [0.3, 0.4) is 0 Å². The van der Waals surface area contributed by atoms with Crippen LogP contribution in [0.15, 0.2) is 28.8 Å². The smallest absolute Gasteiger partial charge is 0.265 e. The fourth-order valence-corrected chi connectivity index (χ4v) is 1.64. The largest absolute Gasteiger partial charge is 0.395 e. The molecule has 0 saturated carbocycles. The summed E-state index contributed by atoms with van der Waals surface area (Å²) in [7, 11) is 3.73. The second-order valence-electron chi connectivity index (χ2n) is 4.39. The Labute approximate surface area is 112 Å². The minimum absolute atomic E-state index is 0.134. The maximum absolute atomic E-state index is 8.73. The van der Waals surface area contributed by atoms with E-state index in [4.69, 9.17) is 9.63 Å². The predicted molar refractivity (Wildman–Crippen MR) is 72.9 cm³/mol. The average molecular weight is 262 g/mol. The van der Waals surface area contributed by atoms with E-state index in [1.54, 1.807) is 4.90 Å². The van der Waals surface area contributed by atoms with Gasteiger partial charge in [0.1, 0.15) is 0 Å². The first kappa shape index (κ1) is 13.5. The number of nitrogens with zero attached hydrogens (tertiary/aromatic N) is 3. The van der Waals surface area contributed by atoms with Gasteiger partial charge in [0.05, 0.1) is 6.61 Å². The number of hydrogen-bond donors (Lipinski definition) is 2. The van der Waals surface area contributed by atoms with Crippen molar-refractivity contribution in [3.8, 4) is 11.5 Å². The second-order valence-corrected chi connectivity index (χ2v) is 4.39. The fourth-order valence-electron chi connectivity index (χ4n) is 1.64. The van der Waals surface area contributed by atoms with Crippen molar-refractivity contribution < 1.29 is 9.63 Å². The van der Waals surface area contributed by atoms with Gasteiger partial charge in [-0.3, -0.25) is 0 Å². The molecule has 6 nitrogen and oxygen atoms in total. The van der Waals surface area contributed by atoms with Crippen LogP contribution < -0.4 is 10.2 Å². The quantitative estimate of drug-likeness (QED) is 0.753. The highest BCUT2D eigenvalue weighted by atomic mass is 16.5. The molecule has 0 aliphatic rings. The molecule has 19 heavy (non-hydrogen) atoms. The van der Waals surface area contributed by atoms with Crippen LogP contribution in [0.4, 0.5) is 5.95 Å². The molecule has 2 N–H and O–H groups in total. The normalized spacial score (nSPS) is 10.7. The lowest BCUT2D eigenvalue weighted by molar-refractivity contribution is 0.292. The molecule has 1 aromatic heterocycles. The Kier molecular flexibility index (Phi) is 4.48. The summed E-state index contributed by atoms with van der Waals surface area (Å²) in [6.07, 6.45) is 0. The molecule has 0 bridgehead atoms. The Morgan fingerprint density at radius 3 is 2.89 bits per heavy atom. The van der Waals surface area contributed by atoms with Gasteiger partial charge in [-0.1, -0.05) is 12.1 Å². The molecule has 1 aromatic carbocycles. The molecule has 6 heteroatoms. The second kappa shape index (κ2) is 6.31. The summed E-state index contributed by atoms with van der Waals surface area (Å²) >= 11 is 0. The number of hydrogen-bond acceptors (Lipinski definition) is 6. The van der Waals surface area contributed by atoms with Crippen molar-refractivity contribution in [2.24, 2.45) is 0 Å². The summed E-state index contributed by atoms with van der Waals surface area (Å²) < 4.78 is 5.23. The Morgan fingerprint density at radius 2 is 2.21 bits per heavy atom. The third kappa shape index (κ3) is 3.52. The van der Waals surface area contributed by atoms with Gasteiger partial charge in [0.2, 0.25) is 0 Å². The van der Waals surface area contributed by atoms with E-state index in [9.17, 15) is 0 Å². The van der Waals surface area contributed by atoms with Crippen LogP contribution in [-0.2, 0) is 6.54 Å². The number of aliphatic hydroxyl groups excluding tert-OH is 1. The van der Waals surface area contributed by atoms with Gasteiger partial charge in [0.15, 0.2) is 0 Å². The van der Waals surface area contributed by atoms with Crippen molar-refractivity contribution in [1.29, 1.82) is 0 Å². The Morgan fingerprint density at radius 1 is 1.37 bits per heavy atom. The molecular formula is C13H18N4O2. The minimum Gasteiger partial charge on any atom is -0.395 e. The minimum atomic E-state index is 0.134. The van der Waals surface area contributed by atoms with Gasteiger partial charge >= 0.3 is 0 Å². The van der Waals surface area contributed by atoms with Crippen LogP contribution in [0.25, 0.3) is 11.5 Å². The van der Waals surface area contributed by atoms with Crippen LogP contribution in [-0.4, -0.2) is 42.5 Å². The highest BCUT2D eigenvalue weighted by Crippen LogP contribution is 2.20. The molecule has 2 rings (SSSR count). The van der Waals surface area contributed by atoms with Gasteiger partial charge in [0, 0.05) is 32.7 Å². The molecule has 0 aliphatic heterocycles. The SMILES string of the molecule is CN(C)c1noc(-c2cccc(CNCCO)c2)n1. The predicted octanol–water partition coefficient (Wildman–Crippen LogP) is 0.884. The van der Waals surface area contributed by atoms with E-state index in [0.717, 1.165) is 11.1 Å². The molecule has 2 aromatic rings. The number of aromatic nitrogens is 2. The fraction of sp³-hybridized carbons (Fsp3) is 0.385. The van der Waals surface area contributed by atoms with Crippen molar-refractivity contribution >= 4 is 5.95 Å². The Bertz CT molecular complexity index is 525. The van der Waals surface area contributed by atoms with Gasteiger partial charge in [0.25, 0.3) is 11.8 Å². The van der Waals surface area contributed by atoms with E-state index >= 15 is 0 Å². The van der Waals surface area contributed by atoms with E-state index in [-0.39, 0.29) is 6.61 Å². The molecule has 0 aliphatic carbocycles. The van der Waals surface area contributed by atoms with E-state index < -0.39 is 0 Å². The van der Waals surface area contributed by atoms with Crippen molar-refractivity contribution in [1.82, 2.24) is 15.5 Å². The maximum Gasteiger partial charge on any atom is 0.265 e. The van der Waals surface area contributed by atoms with Gasteiger partial charge in [-0.25, -0.2) is 0 Å². The lowest BCUT2D eigenvalue weighted by atomic mass is 10.1. The Balaban J connectivity index is 2.12. The summed E-state index contributed by atoms with van der Waals surface area (Å²) in [4.78, 5) is 6.10. The van der Waals surface area contributed by atoms with Gasteiger partial charge in [-0.15, -0.1) is 0 Å². The summed E-state index contributed by atoms with van der Waals surface area (Å²) in [6, 6.07) is 7.89. The van der Waals surface area contributed by atoms with Crippen molar-refractivity contribution in [3.05, 3.63) is 29.8 Å². The average Bonchev–Trinajstić information content (AvgIpc) is 2.89. The zero-order chi connectivity index (χ0) is 13.7. The summed E-state index contributed by atoms with van der Waals surface area (Å²) in [5.41, 5.74) is 2.00. The molecule has 0 atom stereocenters. The van der Waals surface area contributed by atoms with Gasteiger partial charge < -0.3 is 19.8 Å². The van der Waals surface area contributed by atoms with Crippen LogP contribution in [0.5, 0.6) is 0 Å². The van der Waals surface area contributed by atoms with Crippen LogP contribution >= 0.6 is 0 Å². The first-order valence-corrected chi connectivity index (χ1v) is 6.12. The molecule has 0 saturated heterocycles. The highest BCUT2D eigenvalue weighted by Gasteiger charge is 2.10. The molecule has 0 amide bonds. The summed E-state index contributed by atoms with van der Waals surface area (Å²) in [5.74, 6) is 1.06. The number of aliphatic hydroxyl groups is 1. The number of nitrogens with one attached hydrogen (secondary N) is 1. The number of rotatable bonds is 6. The first-order chi connectivity index (χ1) is 9.20. The summed E-state index contributed by atoms with van der Waals surface area (Å²) in [6.45, 7) is 1.41. The third-order valence-electron chi connectivity index (χ3n) is 2.61. The van der Waals surface area contributed by atoms with Gasteiger partial charge in [-0.05, 0) is 22.9 Å². The zero-order valence-electron chi connectivity index (χ0n) is 11.1. The molecule has 0 radical (unpaired) electrons. The van der Waals surface area contributed by atoms with Crippen LogP contribution in [0.1, 0.15) is 5.56 Å². The lowest BCUT2D eigenvalue weighted by Crippen LogP contribution is -2.17. The molecule has 0 spiro atoms. The highest BCUT2D eigenvalue weighted by molar-refractivity contribution is 5.55. The van der Waals surface area contributed by atoms with Gasteiger partial charge in [-0.2, -0.15) is 4.98 Å². The maximum atomic E-state index is 8.73. The third-order valence-corrected chi connectivity index (χ3v) is 2.61. The molecule has 1 heterocycles. The molecule has 0 fully saturated rings.